The van der Waals surface area contributed by atoms with E-state index in [9.17, 15) is 13.2 Å². The van der Waals surface area contributed by atoms with Crippen molar-refractivity contribution in [3.8, 4) is 0 Å². The number of rotatable bonds is 5. The molecule has 3 heterocycles. The molecule has 2 aromatic heterocycles. The normalized spacial score (nSPS) is 17.6. The Labute approximate surface area is 136 Å². The molecule has 23 heavy (non-hydrogen) atoms. The van der Waals surface area contributed by atoms with Gasteiger partial charge in [-0.3, -0.25) is 4.90 Å². The van der Waals surface area contributed by atoms with E-state index in [2.05, 4.69) is 15.2 Å². The fourth-order valence-electron chi connectivity index (χ4n) is 2.77. The lowest BCUT2D eigenvalue weighted by Gasteiger charge is -2.25. The van der Waals surface area contributed by atoms with Gasteiger partial charge in [-0.1, -0.05) is 11.3 Å². The molecule has 126 valence electrons. The Hall–Kier alpha value is -1.54. The van der Waals surface area contributed by atoms with Crippen LogP contribution in [0.5, 0.6) is 0 Å². The lowest BCUT2D eigenvalue weighted by Crippen LogP contribution is -2.30. The van der Waals surface area contributed by atoms with Crippen LogP contribution >= 0.6 is 11.3 Å². The number of aryl methyl sites for hydroxylation is 1. The lowest BCUT2D eigenvalue weighted by atomic mass is 10.2. The van der Waals surface area contributed by atoms with E-state index in [1.807, 2.05) is 19.1 Å². The molecule has 1 saturated heterocycles. The number of aromatic nitrogens is 1. The van der Waals surface area contributed by atoms with Gasteiger partial charge in [-0.05, 0) is 45.0 Å². The van der Waals surface area contributed by atoms with Crippen molar-refractivity contribution in [3.63, 3.8) is 0 Å². The minimum absolute atomic E-state index is 0.00411. The zero-order valence-corrected chi connectivity index (χ0v) is 13.5. The minimum Gasteiger partial charge on any atom is -0.465 e. The van der Waals surface area contributed by atoms with E-state index in [1.165, 1.54) is 0 Å². The van der Waals surface area contributed by atoms with Crippen molar-refractivity contribution in [2.45, 2.75) is 32.0 Å². The van der Waals surface area contributed by atoms with Crippen LogP contribution in [0.4, 0.5) is 18.3 Å². The van der Waals surface area contributed by atoms with Crippen molar-refractivity contribution >= 4 is 16.5 Å². The van der Waals surface area contributed by atoms with E-state index in [4.69, 9.17) is 4.42 Å². The van der Waals surface area contributed by atoms with Crippen molar-refractivity contribution in [1.29, 1.82) is 0 Å². The zero-order chi connectivity index (χ0) is 16.4. The molecule has 0 spiro atoms. The van der Waals surface area contributed by atoms with Gasteiger partial charge in [0.05, 0.1) is 12.2 Å². The van der Waals surface area contributed by atoms with Crippen molar-refractivity contribution in [1.82, 2.24) is 9.88 Å². The van der Waals surface area contributed by atoms with E-state index in [-0.39, 0.29) is 11.2 Å². The number of nitrogens with one attached hydrogen (secondary N) is 1. The van der Waals surface area contributed by atoms with Crippen LogP contribution in [0.2, 0.25) is 0 Å². The maximum Gasteiger partial charge on any atom is 0.427 e. The van der Waals surface area contributed by atoms with Gasteiger partial charge in [-0.2, -0.15) is 13.2 Å². The van der Waals surface area contributed by atoms with Crippen molar-refractivity contribution in [3.05, 3.63) is 34.7 Å². The Morgan fingerprint density at radius 1 is 1.35 bits per heavy atom. The highest BCUT2D eigenvalue weighted by Gasteiger charge is 2.33. The van der Waals surface area contributed by atoms with Crippen LogP contribution in [0.1, 0.15) is 35.3 Å². The number of furan rings is 1. The van der Waals surface area contributed by atoms with Crippen molar-refractivity contribution in [2.75, 3.05) is 25.0 Å². The summed E-state index contributed by atoms with van der Waals surface area (Å²) in [5, 5.41) is 3.31. The third-order valence-corrected chi connectivity index (χ3v) is 4.90. The first-order valence-corrected chi connectivity index (χ1v) is 8.32. The molecule has 1 fully saturated rings. The highest BCUT2D eigenvalue weighted by molar-refractivity contribution is 7.15. The van der Waals surface area contributed by atoms with Crippen LogP contribution in [0, 0.1) is 6.92 Å². The van der Waals surface area contributed by atoms with Gasteiger partial charge >= 0.3 is 6.18 Å². The third-order valence-electron chi connectivity index (χ3n) is 3.90. The summed E-state index contributed by atoms with van der Waals surface area (Å²) in [6, 6.07) is 3.84. The van der Waals surface area contributed by atoms with Crippen LogP contribution in [0.3, 0.4) is 0 Å². The third kappa shape index (κ3) is 3.87. The summed E-state index contributed by atoms with van der Waals surface area (Å²) in [4.78, 5) is 5.43. The second kappa shape index (κ2) is 6.52. The first kappa shape index (κ1) is 16.3. The molecule has 0 aliphatic carbocycles. The Bertz CT molecular complexity index is 646. The topological polar surface area (TPSA) is 41.3 Å². The molecule has 0 saturated carbocycles. The monoisotopic (exact) mass is 345 g/mol. The van der Waals surface area contributed by atoms with Gasteiger partial charge in [0.15, 0.2) is 5.13 Å². The number of alkyl halides is 3. The molecular weight excluding hydrogens is 327 g/mol. The number of anilines is 1. The van der Waals surface area contributed by atoms with E-state index in [0.717, 1.165) is 43.6 Å². The van der Waals surface area contributed by atoms with Gasteiger partial charge in [0, 0.05) is 6.54 Å². The average Bonchev–Trinajstić information content (AvgIpc) is 3.19. The van der Waals surface area contributed by atoms with Gasteiger partial charge in [-0.25, -0.2) is 4.98 Å². The maximum atomic E-state index is 12.6. The Morgan fingerprint density at radius 2 is 2.09 bits per heavy atom. The van der Waals surface area contributed by atoms with E-state index < -0.39 is 11.1 Å². The molecule has 4 nitrogen and oxygen atoms in total. The second-order valence-electron chi connectivity index (χ2n) is 5.62. The Balaban J connectivity index is 1.70. The number of hydrogen-bond donors (Lipinski definition) is 1. The largest absolute Gasteiger partial charge is 0.465 e. The summed E-state index contributed by atoms with van der Waals surface area (Å²) in [6.45, 7) is 4.29. The van der Waals surface area contributed by atoms with Crippen LogP contribution in [0.25, 0.3) is 0 Å². The number of likely N-dealkylation sites (tertiary alicyclic amines) is 1. The summed E-state index contributed by atoms with van der Waals surface area (Å²) in [6.07, 6.45) is -1.21. The summed E-state index contributed by atoms with van der Waals surface area (Å²) < 4.78 is 43.6. The highest BCUT2D eigenvalue weighted by atomic mass is 32.1. The molecule has 1 atom stereocenters. The molecule has 0 amide bonds. The fraction of sp³-hybridized carbons (Fsp3) is 0.533. The van der Waals surface area contributed by atoms with Crippen LogP contribution in [-0.4, -0.2) is 29.5 Å². The molecule has 3 rings (SSSR count). The predicted molar refractivity (Wildman–Crippen MR) is 82.6 cm³/mol. The number of nitrogens with zero attached hydrogens (tertiary/aromatic N) is 2. The highest BCUT2D eigenvalue weighted by Crippen LogP contribution is 2.35. The summed E-state index contributed by atoms with van der Waals surface area (Å²) >= 11 is 0.628. The van der Waals surface area contributed by atoms with Crippen LogP contribution in [0.15, 0.2) is 22.7 Å². The molecule has 2 aromatic rings. The van der Waals surface area contributed by atoms with Crippen LogP contribution in [-0.2, 0) is 6.18 Å². The molecule has 0 bridgehead atoms. The Morgan fingerprint density at radius 3 is 2.65 bits per heavy atom. The maximum absolute atomic E-state index is 12.6. The molecule has 1 unspecified atom stereocenters. The number of thiazole rings is 1. The van der Waals surface area contributed by atoms with E-state index >= 15 is 0 Å². The molecule has 0 radical (unpaired) electrons. The molecule has 1 aliphatic heterocycles. The standard InChI is InChI=1S/C15H18F3N3OS/c1-10-4-5-12(22-10)11(21-6-2-3-7-21)8-19-14-20-9-13(23-14)15(16,17)18/h4-5,9,11H,2-3,6-8H2,1H3,(H,19,20). The number of hydrogen-bond acceptors (Lipinski definition) is 5. The van der Waals surface area contributed by atoms with Gasteiger partial charge in [0.25, 0.3) is 0 Å². The quantitative estimate of drug-likeness (QED) is 0.877. The second-order valence-corrected chi connectivity index (χ2v) is 6.65. The SMILES string of the molecule is Cc1ccc(C(CNc2ncc(C(F)(F)F)s2)N2CCCC2)o1. The van der Waals surface area contributed by atoms with Gasteiger partial charge < -0.3 is 9.73 Å². The smallest absolute Gasteiger partial charge is 0.427 e. The minimum atomic E-state index is -4.34. The Kier molecular flexibility index (Phi) is 4.63. The molecule has 0 aromatic carbocycles. The first-order valence-electron chi connectivity index (χ1n) is 7.51. The summed E-state index contributed by atoms with van der Waals surface area (Å²) in [7, 11) is 0. The van der Waals surface area contributed by atoms with Gasteiger partial charge in [0.2, 0.25) is 0 Å². The fourth-order valence-corrected chi connectivity index (χ4v) is 3.46. The molecule has 8 heteroatoms. The van der Waals surface area contributed by atoms with Gasteiger partial charge in [0.1, 0.15) is 16.4 Å². The molecule has 1 aliphatic rings. The number of halogens is 3. The van der Waals surface area contributed by atoms with Crippen molar-refractivity contribution < 1.29 is 17.6 Å². The summed E-state index contributed by atoms with van der Waals surface area (Å²) in [5.74, 6) is 1.67. The van der Waals surface area contributed by atoms with Crippen LogP contribution < -0.4 is 5.32 Å². The molecular formula is C15H18F3N3OS. The first-order chi connectivity index (χ1) is 10.9. The summed E-state index contributed by atoms with van der Waals surface area (Å²) in [5.41, 5.74) is 0. The van der Waals surface area contributed by atoms with E-state index in [0.29, 0.717) is 17.9 Å². The average molecular weight is 345 g/mol. The lowest BCUT2D eigenvalue weighted by molar-refractivity contribution is -0.134. The van der Waals surface area contributed by atoms with Crippen molar-refractivity contribution in [2.24, 2.45) is 0 Å². The predicted octanol–water partition coefficient (Wildman–Crippen LogP) is 4.31. The van der Waals surface area contributed by atoms with E-state index in [1.54, 1.807) is 0 Å². The zero-order valence-electron chi connectivity index (χ0n) is 12.7. The molecule has 1 N–H and O–H groups in total. The van der Waals surface area contributed by atoms with Gasteiger partial charge in [-0.15, -0.1) is 0 Å².